The largest absolute Gasteiger partial charge is 0.472 e. The van der Waals surface area contributed by atoms with E-state index in [2.05, 4.69) is 19.2 Å². The van der Waals surface area contributed by atoms with E-state index >= 15 is 0 Å². The molecular formula is C38H79N2O7P. The number of nitrogens with one attached hydrogen (secondary N) is 1. The molecule has 0 saturated carbocycles. The molecule has 0 aliphatic rings. The van der Waals surface area contributed by atoms with Crippen LogP contribution in [0.1, 0.15) is 200 Å². The van der Waals surface area contributed by atoms with Crippen molar-refractivity contribution in [1.29, 1.82) is 0 Å². The molecule has 0 rings (SSSR count). The van der Waals surface area contributed by atoms with Gasteiger partial charge < -0.3 is 26.2 Å². The average molecular weight is 707 g/mol. The molecule has 0 bridgehead atoms. The first kappa shape index (κ1) is 47.5. The molecule has 0 fully saturated rings. The van der Waals surface area contributed by atoms with Gasteiger partial charge in [-0.2, -0.15) is 0 Å². The fraction of sp³-hybridized carbons (Fsp3) is 0.974. The summed E-state index contributed by atoms with van der Waals surface area (Å²) in [4.78, 5) is 22.7. The highest BCUT2D eigenvalue weighted by Crippen LogP contribution is 2.43. The molecule has 0 spiro atoms. The molecule has 0 aliphatic heterocycles. The second-order valence-corrected chi connectivity index (χ2v) is 15.5. The summed E-state index contributed by atoms with van der Waals surface area (Å²) in [7, 11) is -4.36. The monoisotopic (exact) mass is 707 g/mol. The minimum atomic E-state index is -4.36. The Morgan fingerprint density at radius 1 is 0.625 bits per heavy atom. The van der Waals surface area contributed by atoms with E-state index in [4.69, 9.17) is 14.8 Å². The fourth-order valence-electron chi connectivity index (χ4n) is 6.18. The third-order valence-corrected chi connectivity index (χ3v) is 10.2. The number of rotatable bonds is 38. The van der Waals surface area contributed by atoms with E-state index in [0.29, 0.717) is 12.8 Å². The van der Waals surface area contributed by atoms with E-state index < -0.39 is 32.0 Å². The third-order valence-electron chi connectivity index (χ3n) is 9.27. The second kappa shape index (κ2) is 34.9. The van der Waals surface area contributed by atoms with Gasteiger partial charge in [-0.3, -0.25) is 13.8 Å². The van der Waals surface area contributed by atoms with Gasteiger partial charge in [0.15, 0.2) is 0 Å². The van der Waals surface area contributed by atoms with Gasteiger partial charge in [-0.15, -0.1) is 0 Å². The maximum atomic E-state index is 12.8. The van der Waals surface area contributed by atoms with Crippen molar-refractivity contribution in [3.05, 3.63) is 0 Å². The van der Waals surface area contributed by atoms with Crippen molar-refractivity contribution in [3.63, 3.8) is 0 Å². The van der Waals surface area contributed by atoms with Crippen molar-refractivity contribution in [2.45, 2.75) is 218 Å². The van der Waals surface area contributed by atoms with Crippen molar-refractivity contribution in [1.82, 2.24) is 5.32 Å². The van der Waals surface area contributed by atoms with Gasteiger partial charge >= 0.3 is 7.82 Å². The molecular weight excluding hydrogens is 627 g/mol. The number of amides is 1. The van der Waals surface area contributed by atoms with Gasteiger partial charge in [0, 0.05) is 6.54 Å². The summed E-state index contributed by atoms with van der Waals surface area (Å²) in [5.74, 6) is -0.411. The van der Waals surface area contributed by atoms with Crippen LogP contribution in [0.3, 0.4) is 0 Å². The van der Waals surface area contributed by atoms with Gasteiger partial charge in [0.1, 0.15) is 0 Å². The maximum absolute atomic E-state index is 12.8. The summed E-state index contributed by atoms with van der Waals surface area (Å²) >= 11 is 0. The number of carbonyl (C=O) groups is 1. The summed E-state index contributed by atoms with van der Waals surface area (Å²) in [6.07, 6.45) is 31.4. The first-order valence-electron chi connectivity index (χ1n) is 20.2. The number of hydrogen-bond acceptors (Lipinski definition) is 7. The van der Waals surface area contributed by atoms with Crippen molar-refractivity contribution >= 4 is 13.7 Å². The molecule has 1 amide bonds. The van der Waals surface area contributed by atoms with Crippen LogP contribution in [-0.4, -0.2) is 59.0 Å². The standard InChI is InChI=1S/C38H79N2O7P/c1-3-5-7-9-11-13-15-16-17-18-20-21-23-25-27-29-35(41)33-38(43)40-36(34-47-48(44,45)46-32-31-39)37(42)30-28-26-24-22-19-14-12-10-8-6-4-2/h35-37,41-42H,3-34,39H2,1-2H3,(H,40,43)(H,44,45). The van der Waals surface area contributed by atoms with Crippen LogP contribution in [0.25, 0.3) is 0 Å². The maximum Gasteiger partial charge on any atom is 0.472 e. The van der Waals surface area contributed by atoms with E-state index in [-0.39, 0.29) is 26.2 Å². The highest BCUT2D eigenvalue weighted by molar-refractivity contribution is 7.47. The Morgan fingerprint density at radius 2 is 1.00 bits per heavy atom. The lowest BCUT2D eigenvalue weighted by Gasteiger charge is -2.25. The first-order valence-corrected chi connectivity index (χ1v) is 21.7. The van der Waals surface area contributed by atoms with E-state index in [0.717, 1.165) is 38.5 Å². The molecule has 0 aliphatic carbocycles. The molecule has 0 radical (unpaired) electrons. The summed E-state index contributed by atoms with van der Waals surface area (Å²) in [5.41, 5.74) is 5.35. The lowest BCUT2D eigenvalue weighted by atomic mass is 10.0. The van der Waals surface area contributed by atoms with Crippen LogP contribution in [0.4, 0.5) is 0 Å². The third kappa shape index (κ3) is 32.7. The molecule has 4 atom stereocenters. The van der Waals surface area contributed by atoms with Crippen LogP contribution in [0, 0.1) is 0 Å². The van der Waals surface area contributed by atoms with E-state index in [1.807, 2.05) is 0 Å². The van der Waals surface area contributed by atoms with Crippen molar-refractivity contribution < 1.29 is 33.5 Å². The van der Waals surface area contributed by atoms with Gasteiger partial charge in [0.2, 0.25) is 5.91 Å². The zero-order valence-corrected chi connectivity index (χ0v) is 32.3. The number of phosphoric acid groups is 1. The highest BCUT2D eigenvalue weighted by Gasteiger charge is 2.28. The highest BCUT2D eigenvalue weighted by atomic mass is 31.2. The number of hydrogen-bond donors (Lipinski definition) is 5. The van der Waals surface area contributed by atoms with Crippen molar-refractivity contribution in [3.8, 4) is 0 Å². The Bertz CT molecular complexity index is 746. The number of aliphatic hydroxyl groups is 2. The number of phosphoric ester groups is 1. The van der Waals surface area contributed by atoms with Crippen LogP contribution < -0.4 is 11.1 Å². The molecule has 4 unspecified atom stereocenters. The van der Waals surface area contributed by atoms with Gasteiger partial charge in [-0.05, 0) is 12.8 Å². The Balaban J connectivity index is 4.27. The lowest BCUT2D eigenvalue weighted by Crippen LogP contribution is -2.47. The lowest BCUT2D eigenvalue weighted by molar-refractivity contribution is -0.125. The van der Waals surface area contributed by atoms with Crippen molar-refractivity contribution in [2.75, 3.05) is 19.8 Å². The number of unbranched alkanes of at least 4 members (excludes halogenated alkanes) is 24. The normalized spacial score (nSPS) is 14.9. The second-order valence-electron chi connectivity index (χ2n) is 14.0. The summed E-state index contributed by atoms with van der Waals surface area (Å²) < 4.78 is 22.0. The Morgan fingerprint density at radius 3 is 1.40 bits per heavy atom. The zero-order chi connectivity index (χ0) is 35.6. The summed E-state index contributed by atoms with van der Waals surface area (Å²) in [5, 5.41) is 24.1. The zero-order valence-electron chi connectivity index (χ0n) is 31.4. The van der Waals surface area contributed by atoms with Gasteiger partial charge in [0.05, 0.1) is 37.9 Å². The minimum absolute atomic E-state index is 0.0623. The predicted molar refractivity (Wildman–Crippen MR) is 200 cm³/mol. The van der Waals surface area contributed by atoms with Crippen molar-refractivity contribution in [2.24, 2.45) is 5.73 Å². The molecule has 9 nitrogen and oxygen atoms in total. The predicted octanol–water partition coefficient (Wildman–Crippen LogP) is 9.64. The summed E-state index contributed by atoms with van der Waals surface area (Å²) in [6, 6.07) is -0.888. The van der Waals surface area contributed by atoms with Gasteiger partial charge in [-0.1, -0.05) is 181 Å². The number of nitrogens with two attached hydrogens (primary N) is 1. The van der Waals surface area contributed by atoms with Crippen LogP contribution in [-0.2, 0) is 18.4 Å². The van der Waals surface area contributed by atoms with E-state index in [9.17, 15) is 24.5 Å². The number of aliphatic hydroxyl groups excluding tert-OH is 2. The SMILES string of the molecule is CCCCCCCCCCCCCCCCCC(O)CC(=O)NC(COP(=O)(O)OCCN)C(O)CCCCCCCCCCCCC. The number of carbonyl (C=O) groups excluding carboxylic acids is 1. The quantitative estimate of drug-likeness (QED) is 0.0315. The van der Waals surface area contributed by atoms with E-state index in [1.165, 1.54) is 128 Å². The first-order chi connectivity index (χ1) is 23.3. The molecule has 10 heteroatoms. The Hall–Kier alpha value is -0.540. The minimum Gasteiger partial charge on any atom is -0.393 e. The Kier molecular flexibility index (Phi) is 34.5. The van der Waals surface area contributed by atoms with E-state index in [1.54, 1.807) is 0 Å². The van der Waals surface area contributed by atoms with Crippen LogP contribution in [0.2, 0.25) is 0 Å². The van der Waals surface area contributed by atoms with Crippen LogP contribution in [0.5, 0.6) is 0 Å². The van der Waals surface area contributed by atoms with Crippen LogP contribution >= 0.6 is 7.82 Å². The topological polar surface area (TPSA) is 151 Å². The molecule has 0 aromatic carbocycles. The van der Waals surface area contributed by atoms with Crippen LogP contribution in [0.15, 0.2) is 0 Å². The molecule has 288 valence electrons. The van der Waals surface area contributed by atoms with Gasteiger partial charge in [-0.25, -0.2) is 4.57 Å². The molecule has 0 aromatic heterocycles. The van der Waals surface area contributed by atoms with Gasteiger partial charge in [0.25, 0.3) is 0 Å². The molecule has 48 heavy (non-hydrogen) atoms. The smallest absolute Gasteiger partial charge is 0.393 e. The Labute approximate surface area is 295 Å². The molecule has 0 saturated heterocycles. The molecule has 6 N–H and O–H groups in total. The molecule has 0 aromatic rings. The fourth-order valence-corrected chi connectivity index (χ4v) is 6.94. The molecule has 0 heterocycles. The average Bonchev–Trinajstić information content (AvgIpc) is 3.06. The summed E-state index contributed by atoms with van der Waals surface area (Å²) in [6.45, 7) is 4.04.